The average Bonchev–Trinajstić information content (AvgIpc) is 2.58. The van der Waals surface area contributed by atoms with E-state index in [0.29, 0.717) is 0 Å². The summed E-state index contributed by atoms with van der Waals surface area (Å²) in [5.74, 6) is -0.0994. The number of rotatable bonds is 6. The van der Waals surface area contributed by atoms with Gasteiger partial charge in [0.05, 0.1) is 22.8 Å². The zero-order chi connectivity index (χ0) is 19.4. The lowest BCUT2D eigenvalue weighted by Gasteiger charge is -2.24. The van der Waals surface area contributed by atoms with Crippen LogP contribution in [0.5, 0.6) is 0 Å². The van der Waals surface area contributed by atoms with Crippen LogP contribution >= 0.6 is 11.8 Å². The fourth-order valence-electron chi connectivity index (χ4n) is 2.10. The first-order valence-corrected chi connectivity index (χ1v) is 8.55. The van der Waals surface area contributed by atoms with Crippen LogP contribution in [0.15, 0.2) is 47.4 Å². The molecule has 0 saturated carbocycles. The Kier molecular flexibility index (Phi) is 6.16. The van der Waals surface area contributed by atoms with Gasteiger partial charge in [-0.15, -0.1) is 11.8 Å². The Hall–Kier alpha value is -2.24. The zero-order valence-electron chi connectivity index (χ0n) is 13.8. The van der Waals surface area contributed by atoms with Gasteiger partial charge < -0.3 is 10.4 Å². The van der Waals surface area contributed by atoms with Gasteiger partial charge in [0.25, 0.3) is 0 Å². The molecular weight excluding hydrogens is 368 g/mol. The van der Waals surface area contributed by atoms with Crippen LogP contribution in [0.2, 0.25) is 0 Å². The van der Waals surface area contributed by atoms with Gasteiger partial charge >= 0.3 is 6.18 Å². The third-order valence-corrected chi connectivity index (χ3v) is 4.85. The zero-order valence-corrected chi connectivity index (χ0v) is 14.6. The van der Waals surface area contributed by atoms with Gasteiger partial charge in [0.15, 0.2) is 0 Å². The molecule has 2 rings (SSSR count). The third-order valence-electron chi connectivity index (χ3n) is 3.48. The van der Waals surface area contributed by atoms with Gasteiger partial charge in [-0.1, -0.05) is 0 Å². The van der Waals surface area contributed by atoms with Crippen molar-refractivity contribution in [2.45, 2.75) is 23.6 Å². The lowest BCUT2D eigenvalue weighted by Crippen LogP contribution is -2.36. The first-order valence-electron chi connectivity index (χ1n) is 7.57. The molecule has 0 aliphatic rings. The van der Waals surface area contributed by atoms with Crippen LogP contribution in [0.25, 0.3) is 0 Å². The molecule has 0 saturated heterocycles. The van der Waals surface area contributed by atoms with Crippen molar-refractivity contribution in [2.75, 3.05) is 17.6 Å². The maximum atomic E-state index is 13.0. The number of benzene rings is 2. The Morgan fingerprint density at radius 3 is 2.38 bits per heavy atom. The highest BCUT2D eigenvalue weighted by Crippen LogP contribution is 2.33. The number of nitrogens with one attached hydrogen (secondary N) is 1. The van der Waals surface area contributed by atoms with Gasteiger partial charge in [0.1, 0.15) is 5.82 Å². The molecule has 2 N–H and O–H groups in total. The summed E-state index contributed by atoms with van der Waals surface area (Å²) >= 11 is 1.30. The number of aliphatic hydroxyl groups is 1. The number of thioether (sulfide) groups is 1. The smallest absolute Gasteiger partial charge is 0.387 e. The SMILES string of the molecule is CC(O)(CNc1ccc(C#N)c(C(F)(F)F)c1)CSc1ccc(F)cc1. The van der Waals surface area contributed by atoms with Crippen molar-refractivity contribution in [3.05, 3.63) is 59.4 Å². The van der Waals surface area contributed by atoms with Crippen molar-refractivity contribution in [2.24, 2.45) is 0 Å². The second-order valence-electron chi connectivity index (χ2n) is 5.96. The van der Waals surface area contributed by atoms with Crippen molar-refractivity contribution >= 4 is 17.4 Å². The van der Waals surface area contributed by atoms with Crippen molar-refractivity contribution in [3.8, 4) is 6.07 Å². The molecule has 1 unspecified atom stereocenters. The minimum Gasteiger partial charge on any atom is -0.387 e. The Balaban J connectivity index is 2.00. The van der Waals surface area contributed by atoms with Gasteiger partial charge in [0, 0.05) is 22.9 Å². The number of halogens is 4. The predicted octanol–water partition coefficient (Wildman–Crippen LogP) is 4.67. The van der Waals surface area contributed by atoms with E-state index in [1.807, 2.05) is 0 Å². The van der Waals surface area contributed by atoms with E-state index in [1.165, 1.54) is 36.0 Å². The molecule has 2 aromatic carbocycles. The van der Waals surface area contributed by atoms with Crippen LogP contribution in [0.1, 0.15) is 18.1 Å². The normalized spacial score (nSPS) is 13.7. The molecule has 0 bridgehead atoms. The summed E-state index contributed by atoms with van der Waals surface area (Å²) in [7, 11) is 0. The van der Waals surface area contributed by atoms with E-state index in [-0.39, 0.29) is 23.8 Å². The molecule has 8 heteroatoms. The topological polar surface area (TPSA) is 56.0 Å². The van der Waals surface area contributed by atoms with Crippen LogP contribution in [-0.2, 0) is 6.18 Å². The molecule has 2 aromatic rings. The number of hydrogen-bond donors (Lipinski definition) is 2. The maximum absolute atomic E-state index is 13.0. The molecular formula is C18H16F4N2OS. The lowest BCUT2D eigenvalue weighted by molar-refractivity contribution is -0.137. The molecule has 0 radical (unpaired) electrons. The van der Waals surface area contributed by atoms with E-state index < -0.39 is 22.9 Å². The highest BCUT2D eigenvalue weighted by Gasteiger charge is 2.34. The molecule has 138 valence electrons. The molecule has 0 fully saturated rings. The van der Waals surface area contributed by atoms with Crippen LogP contribution in [-0.4, -0.2) is 23.0 Å². The Bertz CT molecular complexity index is 798. The highest BCUT2D eigenvalue weighted by molar-refractivity contribution is 7.99. The number of nitriles is 1. The van der Waals surface area contributed by atoms with Crippen molar-refractivity contribution < 1.29 is 22.7 Å². The maximum Gasteiger partial charge on any atom is 0.417 e. The summed E-state index contributed by atoms with van der Waals surface area (Å²) in [6.45, 7) is 1.55. The molecule has 0 spiro atoms. The lowest BCUT2D eigenvalue weighted by atomic mass is 10.1. The van der Waals surface area contributed by atoms with Gasteiger partial charge in [-0.3, -0.25) is 0 Å². The third kappa shape index (κ3) is 5.64. The van der Waals surface area contributed by atoms with Crippen LogP contribution in [0.3, 0.4) is 0 Å². The molecule has 0 aromatic heterocycles. The highest BCUT2D eigenvalue weighted by atomic mass is 32.2. The van der Waals surface area contributed by atoms with Crippen molar-refractivity contribution in [3.63, 3.8) is 0 Å². The summed E-state index contributed by atoms with van der Waals surface area (Å²) in [4.78, 5) is 0.768. The van der Waals surface area contributed by atoms with E-state index in [2.05, 4.69) is 5.32 Å². The van der Waals surface area contributed by atoms with E-state index in [4.69, 9.17) is 5.26 Å². The van der Waals surface area contributed by atoms with Gasteiger partial charge in [0.2, 0.25) is 0 Å². The van der Waals surface area contributed by atoms with Crippen LogP contribution in [0, 0.1) is 17.1 Å². The van der Waals surface area contributed by atoms with Crippen molar-refractivity contribution in [1.82, 2.24) is 0 Å². The Labute approximate surface area is 152 Å². The van der Waals surface area contributed by atoms with Gasteiger partial charge in [-0.25, -0.2) is 4.39 Å². The molecule has 1 atom stereocenters. The summed E-state index contributed by atoms with van der Waals surface area (Å²) < 4.78 is 51.8. The molecule has 0 aliphatic carbocycles. The Morgan fingerprint density at radius 1 is 1.15 bits per heavy atom. The van der Waals surface area contributed by atoms with Crippen molar-refractivity contribution in [1.29, 1.82) is 5.26 Å². The van der Waals surface area contributed by atoms with Gasteiger partial charge in [-0.2, -0.15) is 18.4 Å². The quantitative estimate of drug-likeness (QED) is 0.561. The van der Waals surface area contributed by atoms with E-state index in [9.17, 15) is 22.7 Å². The summed E-state index contributed by atoms with van der Waals surface area (Å²) in [5.41, 5.74) is -2.54. The Morgan fingerprint density at radius 2 is 1.81 bits per heavy atom. The molecule has 0 amide bonds. The standard InChI is InChI=1S/C18H16F4N2OS/c1-17(25,11-26-15-6-3-13(19)4-7-15)10-24-14-5-2-12(9-23)16(8-14)18(20,21)22/h2-8,24-25H,10-11H2,1H3. The summed E-state index contributed by atoms with van der Waals surface area (Å²) in [6, 6.07) is 10.6. The van der Waals surface area contributed by atoms with Crippen LogP contribution in [0.4, 0.5) is 23.2 Å². The van der Waals surface area contributed by atoms with Crippen LogP contribution < -0.4 is 5.32 Å². The second kappa shape index (κ2) is 7.98. The number of alkyl halides is 3. The molecule has 26 heavy (non-hydrogen) atoms. The van der Waals surface area contributed by atoms with Gasteiger partial charge in [-0.05, 0) is 49.4 Å². The summed E-state index contributed by atoms with van der Waals surface area (Å²) in [5, 5.41) is 21.9. The van der Waals surface area contributed by atoms with E-state index in [0.717, 1.165) is 17.0 Å². The van der Waals surface area contributed by atoms with E-state index in [1.54, 1.807) is 19.1 Å². The molecule has 3 nitrogen and oxygen atoms in total. The monoisotopic (exact) mass is 384 g/mol. The fourth-order valence-corrected chi connectivity index (χ4v) is 3.01. The fraction of sp³-hybridized carbons (Fsp3) is 0.278. The number of nitrogens with zero attached hydrogens (tertiary/aromatic N) is 1. The minimum atomic E-state index is -4.64. The number of anilines is 1. The largest absolute Gasteiger partial charge is 0.417 e. The second-order valence-corrected chi connectivity index (χ2v) is 7.01. The first-order chi connectivity index (χ1) is 12.1. The molecule has 0 heterocycles. The molecule has 0 aliphatic heterocycles. The average molecular weight is 384 g/mol. The van der Waals surface area contributed by atoms with E-state index >= 15 is 0 Å². The predicted molar refractivity (Wildman–Crippen MR) is 92.4 cm³/mol. The summed E-state index contributed by atoms with van der Waals surface area (Å²) in [6.07, 6.45) is -4.64. The number of hydrogen-bond acceptors (Lipinski definition) is 4. The first kappa shape index (κ1) is 20.1. The minimum absolute atomic E-state index is 0.00436.